The van der Waals surface area contributed by atoms with Crippen molar-refractivity contribution in [3.63, 3.8) is 0 Å². The summed E-state index contributed by atoms with van der Waals surface area (Å²) < 4.78 is 5.06. The SMILES string of the molecule is C=Cc1nccc(N2CC(OPO)C2)n1.CCC. The monoisotopic (exact) mass is 269 g/mol. The molecule has 1 saturated heterocycles. The second-order valence-corrected chi connectivity index (χ2v) is 4.34. The number of aromatic nitrogens is 2. The van der Waals surface area contributed by atoms with Crippen LogP contribution < -0.4 is 4.90 Å². The molecular weight excluding hydrogens is 249 g/mol. The second-order valence-electron chi connectivity index (χ2n) is 3.92. The molecule has 0 aromatic carbocycles. The average molecular weight is 269 g/mol. The molecule has 0 saturated carbocycles. The van der Waals surface area contributed by atoms with Crippen molar-refractivity contribution in [3.05, 3.63) is 24.7 Å². The first-order valence-electron chi connectivity index (χ1n) is 6.00. The first-order chi connectivity index (χ1) is 8.74. The van der Waals surface area contributed by atoms with Gasteiger partial charge >= 0.3 is 0 Å². The minimum atomic E-state index is -0.434. The Morgan fingerprint density at radius 3 is 2.83 bits per heavy atom. The van der Waals surface area contributed by atoms with E-state index in [1.165, 1.54) is 6.42 Å². The van der Waals surface area contributed by atoms with Gasteiger partial charge < -0.3 is 14.3 Å². The van der Waals surface area contributed by atoms with Gasteiger partial charge in [0.2, 0.25) is 0 Å². The largest absolute Gasteiger partial charge is 0.352 e. The number of anilines is 1. The van der Waals surface area contributed by atoms with Crippen LogP contribution in [-0.4, -0.2) is 34.1 Å². The Hall–Kier alpha value is -1.03. The first kappa shape index (κ1) is 15.0. The van der Waals surface area contributed by atoms with E-state index in [2.05, 4.69) is 35.3 Å². The predicted molar refractivity (Wildman–Crippen MR) is 75.7 cm³/mol. The summed E-state index contributed by atoms with van der Waals surface area (Å²) in [4.78, 5) is 19.0. The van der Waals surface area contributed by atoms with E-state index in [1.807, 2.05) is 6.07 Å². The van der Waals surface area contributed by atoms with E-state index in [1.54, 1.807) is 12.3 Å². The lowest BCUT2D eigenvalue weighted by Crippen LogP contribution is -2.51. The summed E-state index contributed by atoms with van der Waals surface area (Å²) in [5.74, 6) is 1.50. The number of nitrogens with zero attached hydrogens (tertiary/aromatic N) is 3. The van der Waals surface area contributed by atoms with Crippen LogP contribution in [0.1, 0.15) is 26.1 Å². The molecule has 1 fully saturated rings. The maximum absolute atomic E-state index is 8.59. The van der Waals surface area contributed by atoms with E-state index in [0.29, 0.717) is 5.82 Å². The van der Waals surface area contributed by atoms with Gasteiger partial charge in [0.25, 0.3) is 0 Å². The molecule has 100 valence electrons. The first-order valence-corrected chi connectivity index (χ1v) is 6.85. The van der Waals surface area contributed by atoms with Gasteiger partial charge in [-0.2, -0.15) is 0 Å². The topological polar surface area (TPSA) is 58.5 Å². The zero-order valence-corrected chi connectivity index (χ0v) is 11.8. The molecule has 18 heavy (non-hydrogen) atoms. The molecule has 1 aromatic rings. The van der Waals surface area contributed by atoms with Crippen LogP contribution in [0.25, 0.3) is 6.08 Å². The summed E-state index contributed by atoms with van der Waals surface area (Å²) in [5, 5.41) is 0. The summed E-state index contributed by atoms with van der Waals surface area (Å²) >= 11 is 0. The quantitative estimate of drug-likeness (QED) is 0.849. The molecule has 1 aromatic heterocycles. The Morgan fingerprint density at radius 1 is 1.61 bits per heavy atom. The van der Waals surface area contributed by atoms with Crippen LogP contribution >= 0.6 is 9.03 Å². The van der Waals surface area contributed by atoms with Crippen molar-refractivity contribution >= 4 is 20.9 Å². The zero-order valence-electron chi connectivity index (χ0n) is 10.8. The summed E-state index contributed by atoms with van der Waals surface area (Å²) in [5.41, 5.74) is 0. The van der Waals surface area contributed by atoms with Crippen molar-refractivity contribution in [1.82, 2.24) is 9.97 Å². The molecule has 6 heteroatoms. The molecule has 1 aliphatic rings. The number of rotatable bonds is 4. The van der Waals surface area contributed by atoms with Gasteiger partial charge in [-0.15, -0.1) is 0 Å². The Morgan fingerprint density at radius 2 is 2.28 bits per heavy atom. The van der Waals surface area contributed by atoms with Gasteiger partial charge in [0.15, 0.2) is 14.9 Å². The van der Waals surface area contributed by atoms with Gasteiger partial charge in [-0.3, -0.25) is 0 Å². The molecule has 2 heterocycles. The minimum Gasteiger partial charge on any atom is -0.352 e. The molecule has 0 spiro atoms. The molecule has 2 rings (SSSR count). The Labute approximate surface area is 110 Å². The molecule has 0 amide bonds. The Balaban J connectivity index is 0.000000492. The van der Waals surface area contributed by atoms with Gasteiger partial charge in [0.1, 0.15) is 5.82 Å². The Bertz CT molecular complexity index is 370. The van der Waals surface area contributed by atoms with E-state index in [-0.39, 0.29) is 6.10 Å². The third kappa shape index (κ3) is 4.33. The standard InChI is InChI=1S/C9H12N3O2P.C3H8/c1-2-8-10-4-3-9(11-8)12-5-7(6-12)14-15-13;1-3-2/h2-4,7,13,15H,1,5-6H2;3H2,1-2H3. The summed E-state index contributed by atoms with van der Waals surface area (Å²) in [6, 6.07) is 1.85. The fraction of sp³-hybridized carbons (Fsp3) is 0.500. The zero-order chi connectivity index (χ0) is 13.4. The van der Waals surface area contributed by atoms with E-state index in [0.717, 1.165) is 18.9 Å². The van der Waals surface area contributed by atoms with E-state index < -0.39 is 9.03 Å². The van der Waals surface area contributed by atoms with Gasteiger partial charge in [0, 0.05) is 19.3 Å². The molecule has 1 unspecified atom stereocenters. The van der Waals surface area contributed by atoms with Gasteiger partial charge in [-0.1, -0.05) is 26.8 Å². The molecule has 0 aliphatic carbocycles. The normalized spacial score (nSPS) is 15.2. The van der Waals surface area contributed by atoms with Crippen LogP contribution in [0.15, 0.2) is 18.8 Å². The van der Waals surface area contributed by atoms with Crippen molar-refractivity contribution in [3.8, 4) is 0 Å². The van der Waals surface area contributed by atoms with Crippen molar-refractivity contribution in [2.45, 2.75) is 26.4 Å². The lowest BCUT2D eigenvalue weighted by molar-refractivity contribution is 0.177. The van der Waals surface area contributed by atoms with Crippen molar-refractivity contribution in [2.24, 2.45) is 0 Å². The van der Waals surface area contributed by atoms with Crippen LogP contribution in [0.3, 0.4) is 0 Å². The fourth-order valence-electron chi connectivity index (χ4n) is 1.41. The summed E-state index contributed by atoms with van der Waals surface area (Å²) in [6.07, 6.45) is 4.70. The molecule has 5 nitrogen and oxygen atoms in total. The maximum atomic E-state index is 8.59. The molecule has 0 radical (unpaired) electrons. The Kier molecular flexibility index (Phi) is 6.80. The highest BCUT2D eigenvalue weighted by Gasteiger charge is 2.28. The van der Waals surface area contributed by atoms with Crippen LogP contribution in [0.2, 0.25) is 0 Å². The van der Waals surface area contributed by atoms with E-state index in [9.17, 15) is 0 Å². The fourth-order valence-corrected chi connectivity index (χ4v) is 1.71. The van der Waals surface area contributed by atoms with Crippen molar-refractivity contribution in [2.75, 3.05) is 18.0 Å². The third-order valence-electron chi connectivity index (χ3n) is 2.23. The molecule has 1 aliphatic heterocycles. The van der Waals surface area contributed by atoms with Gasteiger partial charge in [0.05, 0.1) is 6.10 Å². The van der Waals surface area contributed by atoms with Crippen molar-refractivity contribution in [1.29, 1.82) is 0 Å². The third-order valence-corrected chi connectivity index (χ3v) is 2.67. The number of hydrogen-bond acceptors (Lipinski definition) is 5. The highest BCUT2D eigenvalue weighted by Crippen LogP contribution is 2.23. The second kappa shape index (κ2) is 8.14. The number of hydrogen-bond donors (Lipinski definition) is 1. The van der Waals surface area contributed by atoms with Gasteiger partial charge in [-0.25, -0.2) is 9.97 Å². The summed E-state index contributed by atoms with van der Waals surface area (Å²) in [7, 11) is -0.434. The lowest BCUT2D eigenvalue weighted by atomic mass is 10.2. The lowest BCUT2D eigenvalue weighted by Gasteiger charge is -2.38. The van der Waals surface area contributed by atoms with Crippen LogP contribution in [0, 0.1) is 0 Å². The summed E-state index contributed by atoms with van der Waals surface area (Å²) in [6.45, 7) is 9.40. The molecule has 1 N–H and O–H groups in total. The highest BCUT2D eigenvalue weighted by atomic mass is 31.1. The molecule has 0 bridgehead atoms. The van der Waals surface area contributed by atoms with Crippen LogP contribution in [-0.2, 0) is 4.52 Å². The van der Waals surface area contributed by atoms with Gasteiger partial charge in [-0.05, 0) is 12.1 Å². The van der Waals surface area contributed by atoms with E-state index in [4.69, 9.17) is 9.42 Å². The minimum absolute atomic E-state index is 0.121. The van der Waals surface area contributed by atoms with E-state index >= 15 is 0 Å². The van der Waals surface area contributed by atoms with Crippen LogP contribution in [0.5, 0.6) is 0 Å². The van der Waals surface area contributed by atoms with Crippen LogP contribution in [0.4, 0.5) is 5.82 Å². The average Bonchev–Trinajstić information content (AvgIpc) is 2.34. The predicted octanol–water partition coefficient (Wildman–Crippen LogP) is 2.24. The van der Waals surface area contributed by atoms with Crippen molar-refractivity contribution < 1.29 is 9.42 Å². The maximum Gasteiger partial charge on any atom is 0.153 e. The molecular formula is C12H20N3O2P. The smallest absolute Gasteiger partial charge is 0.153 e. The highest BCUT2D eigenvalue weighted by molar-refractivity contribution is 7.25. The molecule has 1 atom stereocenters.